The monoisotopic (exact) mass is 444 g/mol. The largest absolute Gasteiger partial charge is 0.382 e. The molecule has 0 saturated heterocycles. The molecule has 158 valence electrons. The van der Waals surface area contributed by atoms with Crippen LogP contribution in [-0.2, 0) is 4.79 Å². The molecular formula is C20H15ClF2N6O2. The van der Waals surface area contributed by atoms with Gasteiger partial charge in [0, 0.05) is 11.8 Å². The van der Waals surface area contributed by atoms with Gasteiger partial charge in [0.15, 0.2) is 11.9 Å². The van der Waals surface area contributed by atoms with Gasteiger partial charge < -0.3 is 16.2 Å². The molecule has 31 heavy (non-hydrogen) atoms. The van der Waals surface area contributed by atoms with Gasteiger partial charge in [-0.15, -0.1) is 0 Å². The minimum absolute atomic E-state index is 0.216. The van der Waals surface area contributed by atoms with E-state index in [2.05, 4.69) is 20.4 Å². The SMILES string of the molecule is Cc1nn(-c2ccc(NC(=O)[C@H](O)c3cc(F)cc(F)c3)cc2Cl)c2c(N)ncnc12. The number of nitrogen functional groups attached to an aromatic ring is 1. The van der Waals surface area contributed by atoms with Crippen LogP contribution in [0.2, 0.25) is 5.02 Å². The first-order valence-corrected chi connectivity index (χ1v) is 9.33. The molecule has 4 aromatic rings. The lowest BCUT2D eigenvalue weighted by molar-refractivity contribution is -0.124. The van der Waals surface area contributed by atoms with Crippen LogP contribution >= 0.6 is 11.6 Å². The zero-order valence-electron chi connectivity index (χ0n) is 16.0. The fourth-order valence-electron chi connectivity index (χ4n) is 3.14. The van der Waals surface area contributed by atoms with Crippen molar-refractivity contribution in [3.8, 4) is 5.69 Å². The topological polar surface area (TPSA) is 119 Å². The van der Waals surface area contributed by atoms with E-state index in [1.54, 1.807) is 13.0 Å². The fourth-order valence-corrected chi connectivity index (χ4v) is 3.40. The van der Waals surface area contributed by atoms with E-state index in [4.69, 9.17) is 17.3 Å². The number of aliphatic hydroxyl groups excluding tert-OH is 1. The lowest BCUT2D eigenvalue weighted by atomic mass is 10.1. The number of carbonyl (C=O) groups excluding carboxylic acids is 1. The van der Waals surface area contributed by atoms with Gasteiger partial charge in [0.1, 0.15) is 29.0 Å². The molecule has 2 heterocycles. The third-order valence-corrected chi connectivity index (χ3v) is 4.85. The van der Waals surface area contributed by atoms with Crippen molar-refractivity contribution >= 4 is 40.0 Å². The van der Waals surface area contributed by atoms with Crippen LogP contribution in [0.4, 0.5) is 20.3 Å². The number of rotatable bonds is 4. The molecule has 4 rings (SSSR count). The first-order valence-electron chi connectivity index (χ1n) is 8.95. The molecule has 0 saturated carbocycles. The van der Waals surface area contributed by atoms with Gasteiger partial charge >= 0.3 is 0 Å². The Kier molecular flexibility index (Phi) is 5.25. The fraction of sp³-hybridized carbons (Fsp3) is 0.100. The Morgan fingerprint density at radius 1 is 1.19 bits per heavy atom. The van der Waals surface area contributed by atoms with Crippen molar-refractivity contribution in [1.29, 1.82) is 0 Å². The van der Waals surface area contributed by atoms with E-state index >= 15 is 0 Å². The van der Waals surface area contributed by atoms with Crippen LogP contribution < -0.4 is 11.1 Å². The van der Waals surface area contributed by atoms with E-state index in [0.717, 1.165) is 12.1 Å². The number of aliphatic hydroxyl groups is 1. The maximum absolute atomic E-state index is 13.4. The molecule has 0 aliphatic rings. The van der Waals surface area contributed by atoms with Crippen molar-refractivity contribution in [2.75, 3.05) is 11.1 Å². The maximum Gasteiger partial charge on any atom is 0.257 e. The minimum Gasteiger partial charge on any atom is -0.382 e. The van der Waals surface area contributed by atoms with Crippen LogP contribution in [0, 0.1) is 18.6 Å². The number of amides is 1. The number of nitrogens with two attached hydrogens (primary N) is 1. The van der Waals surface area contributed by atoms with Crippen molar-refractivity contribution in [1.82, 2.24) is 19.7 Å². The molecule has 0 aliphatic heterocycles. The van der Waals surface area contributed by atoms with Gasteiger partial charge in [0.05, 0.1) is 16.4 Å². The number of aryl methyl sites for hydroxylation is 1. The Labute approximate surface area is 179 Å². The third kappa shape index (κ3) is 3.90. The van der Waals surface area contributed by atoms with Crippen molar-refractivity contribution in [3.05, 3.63) is 70.6 Å². The Hall–Kier alpha value is -3.63. The van der Waals surface area contributed by atoms with Crippen molar-refractivity contribution in [3.63, 3.8) is 0 Å². The number of nitrogens with one attached hydrogen (secondary N) is 1. The molecule has 1 atom stereocenters. The lowest BCUT2D eigenvalue weighted by Crippen LogP contribution is -2.21. The number of anilines is 2. The summed E-state index contributed by atoms with van der Waals surface area (Å²) in [5, 5.41) is 17.2. The van der Waals surface area contributed by atoms with Gasteiger partial charge in [0.25, 0.3) is 5.91 Å². The average molecular weight is 445 g/mol. The number of fused-ring (bicyclic) bond motifs is 1. The molecular weight excluding hydrogens is 430 g/mol. The van der Waals surface area contributed by atoms with E-state index in [0.29, 0.717) is 28.5 Å². The Balaban J connectivity index is 1.62. The molecule has 4 N–H and O–H groups in total. The second-order valence-electron chi connectivity index (χ2n) is 6.71. The van der Waals surface area contributed by atoms with Gasteiger partial charge in [-0.3, -0.25) is 4.79 Å². The molecule has 0 radical (unpaired) electrons. The van der Waals surface area contributed by atoms with Crippen molar-refractivity contribution in [2.24, 2.45) is 0 Å². The number of hydrogen-bond donors (Lipinski definition) is 3. The molecule has 2 aromatic heterocycles. The summed E-state index contributed by atoms with van der Waals surface area (Å²) in [5.41, 5.74) is 8.17. The highest BCUT2D eigenvalue weighted by Crippen LogP contribution is 2.30. The Morgan fingerprint density at radius 3 is 2.58 bits per heavy atom. The Morgan fingerprint density at radius 2 is 1.90 bits per heavy atom. The van der Waals surface area contributed by atoms with Gasteiger partial charge in [-0.05, 0) is 42.8 Å². The van der Waals surface area contributed by atoms with E-state index < -0.39 is 23.6 Å². The van der Waals surface area contributed by atoms with E-state index in [1.165, 1.54) is 23.1 Å². The molecule has 1 amide bonds. The van der Waals surface area contributed by atoms with E-state index in [9.17, 15) is 18.7 Å². The summed E-state index contributed by atoms with van der Waals surface area (Å²) in [7, 11) is 0. The highest BCUT2D eigenvalue weighted by Gasteiger charge is 2.20. The number of nitrogens with zero attached hydrogens (tertiary/aromatic N) is 4. The summed E-state index contributed by atoms with van der Waals surface area (Å²) in [6, 6.07) is 6.95. The number of halogens is 3. The molecule has 11 heteroatoms. The first kappa shape index (κ1) is 20.6. The van der Waals surface area contributed by atoms with Crippen molar-refractivity contribution < 1.29 is 18.7 Å². The van der Waals surface area contributed by atoms with Gasteiger partial charge in [0.2, 0.25) is 0 Å². The average Bonchev–Trinajstić information content (AvgIpc) is 3.04. The molecule has 8 nitrogen and oxygen atoms in total. The van der Waals surface area contributed by atoms with Crippen LogP contribution in [0.3, 0.4) is 0 Å². The van der Waals surface area contributed by atoms with Gasteiger partial charge in [-0.2, -0.15) is 5.10 Å². The van der Waals surface area contributed by atoms with Crippen LogP contribution in [0.25, 0.3) is 16.7 Å². The summed E-state index contributed by atoms with van der Waals surface area (Å²) in [6.07, 6.45) is -0.439. The number of aromatic nitrogens is 4. The summed E-state index contributed by atoms with van der Waals surface area (Å²) in [4.78, 5) is 20.5. The third-order valence-electron chi connectivity index (χ3n) is 4.55. The predicted octanol–water partition coefficient (Wildman–Crippen LogP) is 3.31. The summed E-state index contributed by atoms with van der Waals surface area (Å²) >= 11 is 6.39. The molecule has 2 aromatic carbocycles. The quantitative estimate of drug-likeness (QED) is 0.444. The van der Waals surface area contributed by atoms with Crippen LogP contribution in [0.1, 0.15) is 17.4 Å². The van der Waals surface area contributed by atoms with Crippen LogP contribution in [0.5, 0.6) is 0 Å². The molecule has 0 bridgehead atoms. The standard InChI is InChI=1S/C20H15ClF2N6O2/c1-9-16-17(19(24)26-8-25-16)29(28-9)15-3-2-13(7-14(15)21)27-20(31)18(30)10-4-11(22)6-12(23)5-10/h2-8,18,30H,1H3,(H,27,31)(H2,24,25,26)/t18-/m1/s1. The minimum atomic E-state index is -1.78. The summed E-state index contributed by atoms with van der Waals surface area (Å²) in [5.74, 6) is -2.46. The van der Waals surface area contributed by atoms with Crippen LogP contribution in [0.15, 0.2) is 42.7 Å². The number of hydrogen-bond acceptors (Lipinski definition) is 6. The number of benzene rings is 2. The van der Waals surface area contributed by atoms with Crippen LogP contribution in [-0.4, -0.2) is 30.8 Å². The zero-order valence-corrected chi connectivity index (χ0v) is 16.7. The van der Waals surface area contributed by atoms with E-state index in [-0.39, 0.29) is 22.1 Å². The smallest absolute Gasteiger partial charge is 0.257 e. The normalized spacial score (nSPS) is 12.2. The van der Waals surface area contributed by atoms with Gasteiger partial charge in [-0.25, -0.2) is 23.4 Å². The molecule has 0 aliphatic carbocycles. The van der Waals surface area contributed by atoms with E-state index in [1.807, 2.05) is 0 Å². The lowest BCUT2D eigenvalue weighted by Gasteiger charge is -2.13. The zero-order chi connectivity index (χ0) is 22.3. The summed E-state index contributed by atoms with van der Waals surface area (Å²) in [6.45, 7) is 1.77. The first-order chi connectivity index (χ1) is 14.7. The highest BCUT2D eigenvalue weighted by molar-refractivity contribution is 6.32. The second kappa shape index (κ2) is 7.89. The highest BCUT2D eigenvalue weighted by atomic mass is 35.5. The number of carbonyl (C=O) groups is 1. The van der Waals surface area contributed by atoms with Gasteiger partial charge in [-0.1, -0.05) is 11.6 Å². The second-order valence-corrected chi connectivity index (χ2v) is 7.12. The maximum atomic E-state index is 13.4. The summed E-state index contributed by atoms with van der Waals surface area (Å²) < 4.78 is 28.2. The molecule has 0 fully saturated rings. The Bertz CT molecular complexity index is 1310. The van der Waals surface area contributed by atoms with Crippen molar-refractivity contribution in [2.45, 2.75) is 13.0 Å². The molecule has 0 spiro atoms. The molecule has 0 unspecified atom stereocenters. The predicted molar refractivity (Wildman–Crippen MR) is 111 cm³/mol.